The van der Waals surface area contributed by atoms with Gasteiger partial charge < -0.3 is 5.11 Å². The molecule has 0 saturated carbocycles. The average molecular weight is 157 g/mol. The molecule has 1 atom stereocenters. The summed E-state index contributed by atoms with van der Waals surface area (Å²) in [7, 11) is 0. The average Bonchev–Trinajstić information content (AvgIpc) is 1.60. The third-order valence-corrected chi connectivity index (χ3v) is 0.807. The van der Waals surface area contributed by atoms with Crippen molar-refractivity contribution in [3.05, 3.63) is 0 Å². The molecule has 3 nitrogen and oxygen atoms in total. The van der Waals surface area contributed by atoms with Crippen molar-refractivity contribution in [1.29, 1.82) is 0 Å². The molecule has 0 spiro atoms. The number of carboxylic acid groups (broad SMARTS) is 1. The van der Waals surface area contributed by atoms with Gasteiger partial charge in [0.2, 0.25) is 6.43 Å². The molecule has 0 heterocycles. The van der Waals surface area contributed by atoms with Crippen LogP contribution in [0.3, 0.4) is 0 Å². The van der Waals surface area contributed by atoms with Gasteiger partial charge in [-0.05, 0) is 0 Å². The summed E-state index contributed by atoms with van der Waals surface area (Å²) in [6, 6.07) is 0. The minimum Gasteiger partial charge on any atom is -0.478 e. The summed E-state index contributed by atoms with van der Waals surface area (Å²) in [4.78, 5) is 9.72. The lowest BCUT2D eigenvalue weighted by atomic mass is 10.2. The van der Waals surface area contributed by atoms with Crippen LogP contribution in [0, 0.1) is 0 Å². The molecule has 60 valence electrons. The van der Waals surface area contributed by atoms with Gasteiger partial charge in [-0.1, -0.05) is 0 Å². The second kappa shape index (κ2) is 2.87. The highest BCUT2D eigenvalue weighted by atomic mass is 19.3. The zero-order chi connectivity index (χ0) is 8.36. The molecular weight excluding hydrogens is 151 g/mol. The molecule has 1 unspecified atom stereocenters. The fourth-order valence-corrected chi connectivity index (χ4v) is 0.312. The van der Waals surface area contributed by atoms with E-state index in [-0.39, 0.29) is 0 Å². The van der Waals surface area contributed by atoms with Crippen LogP contribution in [0.15, 0.2) is 0 Å². The smallest absolute Gasteiger partial charge is 0.356 e. The number of aliphatic carboxylic acids is 1. The fourth-order valence-electron chi connectivity index (χ4n) is 0.312. The Balaban J connectivity index is 4.00. The number of hydrogen-bond donors (Lipinski definition) is 2. The van der Waals surface area contributed by atoms with Gasteiger partial charge in [-0.3, -0.25) is 5.73 Å². The van der Waals surface area contributed by atoms with Gasteiger partial charge in [0.25, 0.3) is 5.79 Å². The van der Waals surface area contributed by atoms with E-state index in [0.717, 1.165) is 0 Å². The Morgan fingerprint density at radius 1 is 1.70 bits per heavy atom. The Bertz CT molecular complexity index is 136. The predicted octanol–water partition coefficient (Wildman–Crippen LogP) is 0.351. The molecule has 0 aliphatic heterocycles. The van der Waals surface area contributed by atoms with Gasteiger partial charge in [0.15, 0.2) is 0 Å². The van der Waals surface area contributed by atoms with E-state index in [9.17, 15) is 18.0 Å². The summed E-state index contributed by atoms with van der Waals surface area (Å²) in [5.41, 5.74) is 4.31. The van der Waals surface area contributed by atoms with Crippen molar-refractivity contribution in [2.75, 3.05) is 0 Å². The van der Waals surface area contributed by atoms with Crippen molar-refractivity contribution in [3.8, 4) is 0 Å². The molecule has 0 aromatic carbocycles. The number of halogens is 3. The molecule has 0 bridgehead atoms. The van der Waals surface area contributed by atoms with E-state index in [1.807, 2.05) is 0 Å². The van der Waals surface area contributed by atoms with E-state index >= 15 is 0 Å². The molecule has 0 aliphatic carbocycles. The van der Waals surface area contributed by atoms with E-state index in [2.05, 4.69) is 5.73 Å². The maximum absolute atomic E-state index is 12.2. The van der Waals surface area contributed by atoms with Crippen molar-refractivity contribution in [2.45, 2.75) is 18.6 Å². The molecule has 6 heteroatoms. The normalized spacial score (nSPS) is 16.9. The number of carboxylic acids is 1. The van der Waals surface area contributed by atoms with Crippen LogP contribution in [0.5, 0.6) is 0 Å². The maximum atomic E-state index is 12.2. The quantitative estimate of drug-likeness (QED) is 0.581. The Hall–Kier alpha value is -0.780. The molecule has 0 fully saturated rings. The Morgan fingerprint density at radius 2 is 2.10 bits per heavy atom. The highest BCUT2D eigenvalue weighted by molar-refractivity contribution is 5.76. The number of carbonyl (C=O) groups is 1. The SMILES string of the molecule is NC(F)(CC(F)F)C(=O)O. The monoisotopic (exact) mass is 157 g/mol. The lowest BCUT2D eigenvalue weighted by Gasteiger charge is -2.12. The summed E-state index contributed by atoms with van der Waals surface area (Å²) in [5, 5.41) is 7.86. The lowest BCUT2D eigenvalue weighted by Crippen LogP contribution is -2.44. The zero-order valence-electron chi connectivity index (χ0n) is 4.85. The van der Waals surface area contributed by atoms with Gasteiger partial charge >= 0.3 is 5.97 Å². The molecule has 0 aromatic rings. The number of hydrogen-bond acceptors (Lipinski definition) is 2. The second-order valence-corrected chi connectivity index (χ2v) is 1.76. The van der Waals surface area contributed by atoms with E-state index in [4.69, 9.17) is 5.11 Å². The first-order valence-corrected chi connectivity index (χ1v) is 2.35. The molecule has 0 aromatic heterocycles. The highest BCUT2D eigenvalue weighted by Crippen LogP contribution is 2.14. The first-order chi connectivity index (χ1) is 4.36. The topological polar surface area (TPSA) is 63.3 Å². The van der Waals surface area contributed by atoms with Crippen LogP contribution in [-0.4, -0.2) is 23.3 Å². The van der Waals surface area contributed by atoms with Crippen molar-refractivity contribution >= 4 is 5.97 Å². The molecule has 0 aliphatic rings. The summed E-state index contributed by atoms with van der Waals surface area (Å²) in [5.74, 6) is -5.39. The van der Waals surface area contributed by atoms with Crippen LogP contribution in [0.4, 0.5) is 13.2 Å². The van der Waals surface area contributed by atoms with Gasteiger partial charge in [-0.25, -0.2) is 18.0 Å². The molecule has 3 N–H and O–H groups in total. The minimum absolute atomic E-state index is 1.48. The summed E-state index contributed by atoms with van der Waals surface area (Å²) >= 11 is 0. The van der Waals surface area contributed by atoms with E-state index in [1.165, 1.54) is 0 Å². The van der Waals surface area contributed by atoms with Crippen molar-refractivity contribution in [1.82, 2.24) is 0 Å². The first-order valence-electron chi connectivity index (χ1n) is 2.35. The van der Waals surface area contributed by atoms with E-state index in [1.54, 1.807) is 0 Å². The van der Waals surface area contributed by atoms with E-state index in [0.29, 0.717) is 0 Å². The Labute approximate surface area is 54.6 Å². The van der Waals surface area contributed by atoms with Crippen LogP contribution in [0.25, 0.3) is 0 Å². The van der Waals surface area contributed by atoms with Crippen LogP contribution >= 0.6 is 0 Å². The number of nitrogens with two attached hydrogens (primary N) is 1. The highest BCUT2D eigenvalue weighted by Gasteiger charge is 2.36. The standard InChI is InChI=1S/C4H6F3NO2/c5-2(6)1-4(7,8)3(9)10/h2H,1,8H2,(H,9,10). The maximum Gasteiger partial charge on any atom is 0.356 e. The zero-order valence-corrected chi connectivity index (χ0v) is 4.85. The van der Waals surface area contributed by atoms with Gasteiger partial charge in [0.05, 0.1) is 6.42 Å². The summed E-state index contributed by atoms with van der Waals surface area (Å²) in [6.45, 7) is 0. The van der Waals surface area contributed by atoms with Crippen LogP contribution in [0.1, 0.15) is 6.42 Å². The Morgan fingerprint density at radius 3 is 2.20 bits per heavy atom. The van der Waals surface area contributed by atoms with Gasteiger partial charge in [-0.15, -0.1) is 0 Å². The number of alkyl halides is 3. The summed E-state index contributed by atoms with van der Waals surface area (Å²) < 4.78 is 34.8. The van der Waals surface area contributed by atoms with Crippen LogP contribution < -0.4 is 5.73 Å². The van der Waals surface area contributed by atoms with Crippen LogP contribution in [0.2, 0.25) is 0 Å². The lowest BCUT2D eigenvalue weighted by molar-refractivity contribution is -0.153. The third kappa shape index (κ3) is 2.67. The molecule has 0 amide bonds. The predicted molar refractivity (Wildman–Crippen MR) is 26.3 cm³/mol. The number of rotatable bonds is 3. The minimum atomic E-state index is -3.31. The van der Waals surface area contributed by atoms with Crippen molar-refractivity contribution < 1.29 is 23.1 Å². The van der Waals surface area contributed by atoms with E-state index < -0.39 is 24.6 Å². The second-order valence-electron chi connectivity index (χ2n) is 1.76. The molecule has 0 rings (SSSR count). The first kappa shape index (κ1) is 9.22. The van der Waals surface area contributed by atoms with Gasteiger partial charge in [-0.2, -0.15) is 0 Å². The molecular formula is C4H6F3NO2. The molecule has 0 saturated heterocycles. The van der Waals surface area contributed by atoms with Crippen LogP contribution in [-0.2, 0) is 4.79 Å². The van der Waals surface area contributed by atoms with Crippen molar-refractivity contribution in [2.24, 2.45) is 5.73 Å². The van der Waals surface area contributed by atoms with Crippen molar-refractivity contribution in [3.63, 3.8) is 0 Å². The molecule has 0 radical (unpaired) electrons. The van der Waals surface area contributed by atoms with Gasteiger partial charge in [0, 0.05) is 0 Å². The summed E-state index contributed by atoms with van der Waals surface area (Å²) in [6.07, 6.45) is -4.53. The fraction of sp³-hybridized carbons (Fsp3) is 0.750. The molecule has 10 heavy (non-hydrogen) atoms. The Kier molecular flexibility index (Phi) is 2.65. The largest absolute Gasteiger partial charge is 0.478 e. The third-order valence-electron chi connectivity index (χ3n) is 0.807. The van der Waals surface area contributed by atoms with Gasteiger partial charge in [0.1, 0.15) is 0 Å².